The van der Waals surface area contributed by atoms with Crippen molar-refractivity contribution in [2.24, 2.45) is 0 Å². The Morgan fingerprint density at radius 1 is 1.04 bits per heavy atom. The molecule has 4 nitrogen and oxygen atoms in total. The van der Waals surface area contributed by atoms with E-state index < -0.39 is 0 Å². The standard InChI is InChI=1S/C24H31N3O/c1-3-4-5-10-17-27-22-14-9-8-13-21(22)26-23(27)15-16-25-24(28)18-20-12-7-6-11-19(20)2/h6-9,11-14H,3-5,10,15-18H2,1-2H3,(H,25,28). The molecule has 1 heterocycles. The number of unbranched alkanes of at least 4 members (excludes halogenated alkanes) is 3. The van der Waals surface area contributed by atoms with Crippen LogP contribution in [0.25, 0.3) is 11.0 Å². The van der Waals surface area contributed by atoms with Gasteiger partial charge in [-0.15, -0.1) is 0 Å². The van der Waals surface area contributed by atoms with Crippen molar-refractivity contribution in [1.82, 2.24) is 14.9 Å². The summed E-state index contributed by atoms with van der Waals surface area (Å²) in [6.45, 7) is 5.89. The van der Waals surface area contributed by atoms with Gasteiger partial charge in [-0.05, 0) is 36.6 Å². The number of imidazole rings is 1. The van der Waals surface area contributed by atoms with Crippen molar-refractivity contribution in [3.8, 4) is 0 Å². The van der Waals surface area contributed by atoms with Crippen LogP contribution >= 0.6 is 0 Å². The van der Waals surface area contributed by atoms with Crippen molar-refractivity contribution < 1.29 is 4.79 Å². The van der Waals surface area contributed by atoms with Crippen molar-refractivity contribution >= 4 is 16.9 Å². The Hall–Kier alpha value is -2.62. The van der Waals surface area contributed by atoms with Gasteiger partial charge in [0.15, 0.2) is 0 Å². The minimum absolute atomic E-state index is 0.0694. The number of fused-ring (bicyclic) bond motifs is 1. The highest BCUT2D eigenvalue weighted by molar-refractivity contribution is 5.79. The first-order chi connectivity index (χ1) is 13.7. The van der Waals surface area contributed by atoms with Gasteiger partial charge in [-0.25, -0.2) is 4.98 Å². The zero-order chi connectivity index (χ0) is 19.8. The number of hydrogen-bond donors (Lipinski definition) is 1. The molecular formula is C24H31N3O. The fraction of sp³-hybridized carbons (Fsp3) is 0.417. The average molecular weight is 378 g/mol. The Labute approximate surface area is 168 Å². The van der Waals surface area contributed by atoms with Gasteiger partial charge in [-0.3, -0.25) is 4.79 Å². The summed E-state index contributed by atoms with van der Waals surface area (Å²) in [5.74, 6) is 1.13. The SMILES string of the molecule is CCCCCCn1c(CCNC(=O)Cc2ccccc2C)nc2ccccc21. The number of benzene rings is 2. The molecule has 148 valence electrons. The van der Waals surface area contributed by atoms with Crippen molar-refractivity contribution in [2.45, 2.75) is 58.9 Å². The summed E-state index contributed by atoms with van der Waals surface area (Å²) in [7, 11) is 0. The highest BCUT2D eigenvalue weighted by Gasteiger charge is 2.11. The third kappa shape index (κ3) is 5.22. The monoisotopic (exact) mass is 377 g/mol. The molecular weight excluding hydrogens is 346 g/mol. The summed E-state index contributed by atoms with van der Waals surface area (Å²) >= 11 is 0. The number of amides is 1. The first-order valence-electron chi connectivity index (χ1n) is 10.4. The Bertz CT molecular complexity index is 913. The smallest absolute Gasteiger partial charge is 0.224 e. The van der Waals surface area contributed by atoms with Gasteiger partial charge in [0.2, 0.25) is 5.91 Å². The van der Waals surface area contributed by atoms with Gasteiger partial charge in [0.1, 0.15) is 5.82 Å². The summed E-state index contributed by atoms with van der Waals surface area (Å²) in [5.41, 5.74) is 4.48. The van der Waals surface area contributed by atoms with Gasteiger partial charge in [0.25, 0.3) is 0 Å². The molecule has 0 aliphatic rings. The molecule has 3 aromatic rings. The number of carbonyl (C=O) groups is 1. The van der Waals surface area contributed by atoms with Crippen LogP contribution in [-0.4, -0.2) is 22.0 Å². The van der Waals surface area contributed by atoms with E-state index in [-0.39, 0.29) is 5.91 Å². The molecule has 1 N–H and O–H groups in total. The van der Waals surface area contributed by atoms with Crippen molar-refractivity contribution in [1.29, 1.82) is 0 Å². The van der Waals surface area contributed by atoms with Crippen LogP contribution in [0.15, 0.2) is 48.5 Å². The lowest BCUT2D eigenvalue weighted by atomic mass is 10.1. The molecule has 28 heavy (non-hydrogen) atoms. The van der Waals surface area contributed by atoms with E-state index in [0.717, 1.165) is 35.4 Å². The summed E-state index contributed by atoms with van der Waals surface area (Å²) in [4.78, 5) is 17.1. The maximum Gasteiger partial charge on any atom is 0.224 e. The first kappa shape index (κ1) is 20.1. The number of hydrogen-bond acceptors (Lipinski definition) is 2. The van der Waals surface area contributed by atoms with E-state index >= 15 is 0 Å². The largest absolute Gasteiger partial charge is 0.355 e. The number of nitrogens with zero attached hydrogens (tertiary/aromatic N) is 2. The molecule has 0 saturated heterocycles. The minimum Gasteiger partial charge on any atom is -0.355 e. The fourth-order valence-corrected chi connectivity index (χ4v) is 3.62. The minimum atomic E-state index is 0.0694. The lowest BCUT2D eigenvalue weighted by molar-refractivity contribution is -0.120. The van der Waals surface area contributed by atoms with Gasteiger partial charge in [-0.2, -0.15) is 0 Å². The number of nitrogens with one attached hydrogen (secondary N) is 1. The Morgan fingerprint density at radius 3 is 2.64 bits per heavy atom. The van der Waals surface area contributed by atoms with Crippen LogP contribution in [0.3, 0.4) is 0 Å². The van der Waals surface area contributed by atoms with Gasteiger partial charge >= 0.3 is 0 Å². The predicted octanol–water partition coefficient (Wildman–Crippen LogP) is 4.83. The molecule has 3 rings (SSSR count). The molecule has 0 saturated carbocycles. The molecule has 1 aromatic heterocycles. The van der Waals surface area contributed by atoms with Crippen LogP contribution in [0.4, 0.5) is 0 Å². The zero-order valence-corrected chi connectivity index (χ0v) is 17.1. The molecule has 0 spiro atoms. The average Bonchev–Trinajstić information content (AvgIpc) is 3.04. The molecule has 0 unspecified atom stereocenters. The number of aryl methyl sites for hydroxylation is 2. The fourth-order valence-electron chi connectivity index (χ4n) is 3.62. The summed E-state index contributed by atoms with van der Waals surface area (Å²) in [6, 6.07) is 16.4. The molecule has 0 atom stereocenters. The normalized spacial score (nSPS) is 11.1. The second-order valence-electron chi connectivity index (χ2n) is 7.43. The van der Waals surface area contributed by atoms with Crippen LogP contribution in [0.1, 0.15) is 49.6 Å². The highest BCUT2D eigenvalue weighted by atomic mass is 16.1. The highest BCUT2D eigenvalue weighted by Crippen LogP contribution is 2.18. The summed E-state index contributed by atoms with van der Waals surface area (Å²) in [5, 5.41) is 3.06. The molecule has 0 fully saturated rings. The molecule has 2 aromatic carbocycles. The quantitative estimate of drug-likeness (QED) is 0.515. The Morgan fingerprint density at radius 2 is 1.82 bits per heavy atom. The number of carbonyl (C=O) groups excluding carboxylic acids is 1. The Balaban J connectivity index is 1.60. The topological polar surface area (TPSA) is 46.9 Å². The van der Waals surface area contributed by atoms with Crippen LogP contribution < -0.4 is 5.32 Å². The second kappa shape index (κ2) is 10.1. The van der Waals surface area contributed by atoms with Crippen molar-refractivity contribution in [3.63, 3.8) is 0 Å². The molecule has 0 radical (unpaired) electrons. The van der Waals surface area contributed by atoms with Gasteiger partial charge < -0.3 is 9.88 Å². The van der Waals surface area contributed by atoms with E-state index in [0.29, 0.717) is 13.0 Å². The van der Waals surface area contributed by atoms with E-state index in [9.17, 15) is 4.79 Å². The van der Waals surface area contributed by atoms with Crippen LogP contribution in [0, 0.1) is 6.92 Å². The number of para-hydroxylation sites is 2. The predicted molar refractivity (Wildman–Crippen MR) is 115 cm³/mol. The maximum absolute atomic E-state index is 12.3. The molecule has 1 amide bonds. The lowest BCUT2D eigenvalue weighted by Crippen LogP contribution is -2.28. The van der Waals surface area contributed by atoms with Gasteiger partial charge in [0, 0.05) is 19.5 Å². The van der Waals surface area contributed by atoms with E-state index in [1.54, 1.807) is 0 Å². The van der Waals surface area contributed by atoms with Crippen LogP contribution in [0.5, 0.6) is 0 Å². The van der Waals surface area contributed by atoms with E-state index in [2.05, 4.69) is 35.0 Å². The third-order valence-electron chi connectivity index (χ3n) is 5.25. The summed E-state index contributed by atoms with van der Waals surface area (Å²) in [6.07, 6.45) is 6.11. The van der Waals surface area contributed by atoms with E-state index in [1.807, 2.05) is 37.3 Å². The lowest BCUT2D eigenvalue weighted by Gasteiger charge is -2.10. The summed E-state index contributed by atoms with van der Waals surface area (Å²) < 4.78 is 2.33. The first-order valence-corrected chi connectivity index (χ1v) is 10.4. The van der Waals surface area contributed by atoms with Crippen LogP contribution in [0.2, 0.25) is 0 Å². The van der Waals surface area contributed by atoms with Crippen LogP contribution in [-0.2, 0) is 24.2 Å². The molecule has 0 aliphatic carbocycles. The van der Waals surface area contributed by atoms with Gasteiger partial charge in [-0.1, -0.05) is 62.6 Å². The van der Waals surface area contributed by atoms with Gasteiger partial charge in [0.05, 0.1) is 17.5 Å². The maximum atomic E-state index is 12.3. The van der Waals surface area contributed by atoms with Crippen molar-refractivity contribution in [2.75, 3.05) is 6.54 Å². The molecule has 4 heteroatoms. The molecule has 0 bridgehead atoms. The third-order valence-corrected chi connectivity index (χ3v) is 5.25. The zero-order valence-electron chi connectivity index (χ0n) is 17.1. The van der Waals surface area contributed by atoms with E-state index in [4.69, 9.17) is 4.98 Å². The number of aromatic nitrogens is 2. The molecule has 0 aliphatic heterocycles. The van der Waals surface area contributed by atoms with E-state index in [1.165, 1.54) is 31.2 Å². The second-order valence-corrected chi connectivity index (χ2v) is 7.43. The number of rotatable bonds is 10. The Kier molecular flexibility index (Phi) is 7.24. The van der Waals surface area contributed by atoms with Crippen molar-refractivity contribution in [3.05, 3.63) is 65.5 Å².